The van der Waals surface area contributed by atoms with Crippen molar-refractivity contribution < 1.29 is 37.0 Å². The number of carbonyl (C=O) groups excluding carboxylic acids is 3. The monoisotopic (exact) mass is 598 g/mol. The predicted molar refractivity (Wildman–Crippen MR) is 139 cm³/mol. The van der Waals surface area contributed by atoms with Crippen molar-refractivity contribution in [3.05, 3.63) is 91.9 Å². The lowest BCUT2D eigenvalue weighted by Gasteiger charge is -2.27. The van der Waals surface area contributed by atoms with E-state index in [1.165, 1.54) is 19.2 Å². The number of methoxy groups -OCH3 is 1. The molecule has 0 aromatic heterocycles. The molecule has 0 bridgehead atoms. The molecule has 4 rings (SSSR count). The number of urea groups is 1. The van der Waals surface area contributed by atoms with Crippen LogP contribution in [-0.4, -0.2) is 25.0 Å². The van der Waals surface area contributed by atoms with Crippen molar-refractivity contribution in [1.82, 2.24) is 5.32 Å². The highest BCUT2D eigenvalue weighted by molar-refractivity contribution is 6.42. The van der Waals surface area contributed by atoms with Crippen LogP contribution in [0.4, 0.5) is 23.7 Å². The van der Waals surface area contributed by atoms with Crippen molar-refractivity contribution in [1.29, 1.82) is 0 Å². The Labute approximate surface area is 234 Å². The molecule has 0 unspecified atom stereocenters. The minimum atomic E-state index is -4.77. The van der Waals surface area contributed by atoms with Gasteiger partial charge in [0.2, 0.25) is 0 Å². The number of hydrogen-bond acceptors (Lipinski definition) is 5. The lowest BCUT2D eigenvalue weighted by Crippen LogP contribution is -2.54. The maximum atomic E-state index is 13.2. The van der Waals surface area contributed by atoms with Gasteiger partial charge in [-0.15, -0.1) is 0 Å². The minimum Gasteiger partial charge on any atom is -0.493 e. The van der Waals surface area contributed by atoms with E-state index in [4.69, 9.17) is 44.3 Å². The fraction of sp³-hybridized carbons (Fsp3) is 0.115. The normalized spacial score (nSPS) is 15.0. The zero-order chi connectivity index (χ0) is 28.5. The molecule has 1 aliphatic rings. The number of nitrogens with one attached hydrogen (secondary N) is 1. The number of alkyl halides is 3. The molecule has 4 amide bonds. The minimum absolute atomic E-state index is 0.0701. The molecule has 1 N–H and O–H groups in total. The molecule has 3 aromatic carbocycles. The molecule has 39 heavy (non-hydrogen) atoms. The molecule has 1 aliphatic heterocycles. The summed E-state index contributed by atoms with van der Waals surface area (Å²) in [5.41, 5.74) is -1.29. The Morgan fingerprint density at radius 1 is 0.974 bits per heavy atom. The molecule has 1 heterocycles. The Bertz CT molecular complexity index is 1530. The van der Waals surface area contributed by atoms with Crippen LogP contribution in [0.1, 0.15) is 16.7 Å². The third kappa shape index (κ3) is 6.13. The van der Waals surface area contributed by atoms with Gasteiger partial charge in [-0.05, 0) is 59.7 Å². The van der Waals surface area contributed by atoms with Gasteiger partial charge >= 0.3 is 12.2 Å². The SMILES string of the molecule is COc1cc(/C=C2/C(=O)NC(=O)N(c3cc(C(F)(F)F)ccc3Cl)C2=O)cc(Cl)c1OCc1cccc(Cl)c1. The summed E-state index contributed by atoms with van der Waals surface area (Å²) in [5, 5.41) is 2.21. The molecule has 7 nitrogen and oxygen atoms in total. The van der Waals surface area contributed by atoms with Crippen molar-refractivity contribution in [2.24, 2.45) is 0 Å². The Balaban J connectivity index is 1.68. The first-order chi connectivity index (χ1) is 18.4. The summed E-state index contributed by atoms with van der Waals surface area (Å²) in [5.74, 6) is -1.93. The third-order valence-corrected chi connectivity index (χ3v) is 6.29. The second-order valence-corrected chi connectivity index (χ2v) is 9.33. The van der Waals surface area contributed by atoms with Crippen LogP contribution in [-0.2, 0) is 22.4 Å². The summed E-state index contributed by atoms with van der Waals surface area (Å²) < 4.78 is 50.9. The summed E-state index contributed by atoms with van der Waals surface area (Å²) in [4.78, 5) is 38.6. The number of ether oxygens (including phenoxy) is 2. The molecule has 202 valence electrons. The summed E-state index contributed by atoms with van der Waals surface area (Å²) in [7, 11) is 1.35. The van der Waals surface area contributed by atoms with Crippen molar-refractivity contribution in [3.63, 3.8) is 0 Å². The van der Waals surface area contributed by atoms with Gasteiger partial charge in [-0.25, -0.2) is 9.69 Å². The van der Waals surface area contributed by atoms with Crippen molar-refractivity contribution in [3.8, 4) is 11.5 Å². The Morgan fingerprint density at radius 3 is 2.38 bits per heavy atom. The molecule has 13 heteroatoms. The molecule has 1 saturated heterocycles. The van der Waals surface area contributed by atoms with Crippen LogP contribution in [0.5, 0.6) is 11.5 Å². The van der Waals surface area contributed by atoms with E-state index in [-0.39, 0.29) is 33.7 Å². The van der Waals surface area contributed by atoms with Crippen molar-refractivity contribution in [2.75, 3.05) is 12.0 Å². The molecule has 0 spiro atoms. The second-order valence-electron chi connectivity index (χ2n) is 8.07. The molecule has 3 aromatic rings. The van der Waals surface area contributed by atoms with Gasteiger partial charge in [0.25, 0.3) is 11.8 Å². The number of carbonyl (C=O) groups is 3. The third-order valence-electron chi connectivity index (χ3n) is 5.45. The van der Waals surface area contributed by atoms with E-state index in [0.29, 0.717) is 22.1 Å². The van der Waals surface area contributed by atoms with Gasteiger partial charge in [0.05, 0.1) is 28.4 Å². The number of barbiturate groups is 1. The molecule has 0 saturated carbocycles. The smallest absolute Gasteiger partial charge is 0.416 e. The standard InChI is InChI=1S/C26H16Cl3F3N2O5/c1-38-21-10-14(9-19(29)22(21)39-12-13-3-2-4-16(27)7-13)8-17-23(35)33-25(37)34(24(17)36)20-11-15(26(30,31)32)5-6-18(20)28/h2-11H,12H2,1H3,(H,33,35,37)/b17-8-. The molecular formula is C26H16Cl3F3N2O5. The Morgan fingerprint density at radius 2 is 1.72 bits per heavy atom. The van der Waals surface area contributed by atoms with Crippen LogP contribution in [0.2, 0.25) is 15.1 Å². The maximum absolute atomic E-state index is 13.2. The zero-order valence-electron chi connectivity index (χ0n) is 19.7. The van der Waals surface area contributed by atoms with E-state index in [2.05, 4.69) is 0 Å². The molecule has 0 atom stereocenters. The van der Waals surface area contributed by atoms with Gasteiger partial charge in [-0.1, -0.05) is 46.9 Å². The molecule has 1 fully saturated rings. The quantitative estimate of drug-likeness (QED) is 0.246. The lowest BCUT2D eigenvalue weighted by molar-refractivity contribution is -0.137. The average Bonchev–Trinajstić information content (AvgIpc) is 2.86. The van der Waals surface area contributed by atoms with Gasteiger partial charge in [0.15, 0.2) is 11.5 Å². The average molecular weight is 600 g/mol. The van der Waals surface area contributed by atoms with E-state index in [1.54, 1.807) is 24.3 Å². The van der Waals surface area contributed by atoms with E-state index < -0.39 is 40.8 Å². The molecular weight excluding hydrogens is 584 g/mol. The molecule has 0 aliphatic carbocycles. The molecule has 0 radical (unpaired) electrons. The lowest BCUT2D eigenvalue weighted by atomic mass is 10.1. The number of anilines is 1. The van der Waals surface area contributed by atoms with E-state index in [1.807, 2.05) is 5.32 Å². The van der Waals surface area contributed by atoms with Crippen LogP contribution in [0.25, 0.3) is 6.08 Å². The van der Waals surface area contributed by atoms with Crippen LogP contribution in [0, 0.1) is 0 Å². The Hall–Kier alpha value is -3.73. The summed E-state index contributed by atoms with van der Waals surface area (Å²) in [6.07, 6.45) is -3.67. The summed E-state index contributed by atoms with van der Waals surface area (Å²) in [6.45, 7) is 0.104. The van der Waals surface area contributed by atoms with Crippen LogP contribution in [0.15, 0.2) is 60.2 Å². The fourth-order valence-electron chi connectivity index (χ4n) is 3.65. The van der Waals surface area contributed by atoms with Gasteiger partial charge < -0.3 is 9.47 Å². The number of hydrogen-bond donors (Lipinski definition) is 1. The highest BCUT2D eigenvalue weighted by atomic mass is 35.5. The number of amides is 4. The fourth-order valence-corrected chi connectivity index (χ4v) is 4.34. The predicted octanol–water partition coefficient (Wildman–Crippen LogP) is 6.92. The second kappa shape index (κ2) is 11.2. The highest BCUT2D eigenvalue weighted by Crippen LogP contribution is 2.39. The first-order valence-corrected chi connectivity index (χ1v) is 12.1. The maximum Gasteiger partial charge on any atom is 0.416 e. The van der Waals surface area contributed by atoms with E-state index >= 15 is 0 Å². The largest absolute Gasteiger partial charge is 0.493 e. The summed E-state index contributed by atoms with van der Waals surface area (Å²) >= 11 is 18.4. The number of benzene rings is 3. The summed E-state index contributed by atoms with van der Waals surface area (Å²) in [6, 6.07) is 10.6. The topological polar surface area (TPSA) is 84.9 Å². The van der Waals surface area contributed by atoms with E-state index in [0.717, 1.165) is 17.7 Å². The number of nitrogens with zero attached hydrogens (tertiary/aromatic N) is 1. The van der Waals surface area contributed by atoms with Crippen LogP contribution in [0.3, 0.4) is 0 Å². The number of halogens is 6. The number of imide groups is 2. The van der Waals surface area contributed by atoms with Crippen molar-refractivity contribution in [2.45, 2.75) is 12.8 Å². The number of rotatable bonds is 6. The van der Waals surface area contributed by atoms with Crippen LogP contribution >= 0.6 is 34.8 Å². The first-order valence-electron chi connectivity index (χ1n) is 10.9. The van der Waals surface area contributed by atoms with Gasteiger partial charge in [0.1, 0.15) is 12.2 Å². The first kappa shape index (κ1) is 28.3. The van der Waals surface area contributed by atoms with Crippen LogP contribution < -0.4 is 19.7 Å². The van der Waals surface area contributed by atoms with Crippen molar-refractivity contribution >= 4 is 64.4 Å². The van der Waals surface area contributed by atoms with Gasteiger partial charge in [0, 0.05) is 5.02 Å². The van der Waals surface area contributed by atoms with Gasteiger partial charge in [-0.3, -0.25) is 14.9 Å². The van der Waals surface area contributed by atoms with E-state index in [9.17, 15) is 27.6 Å². The Kier molecular flexibility index (Phi) is 8.10. The highest BCUT2D eigenvalue weighted by Gasteiger charge is 2.39. The zero-order valence-corrected chi connectivity index (χ0v) is 22.0. The van der Waals surface area contributed by atoms with Gasteiger partial charge in [-0.2, -0.15) is 13.2 Å².